The molecular formula is C53H38N2. The van der Waals surface area contributed by atoms with E-state index in [0.717, 1.165) is 33.7 Å². The van der Waals surface area contributed by atoms with Gasteiger partial charge in [0, 0.05) is 5.70 Å². The van der Waals surface area contributed by atoms with Crippen LogP contribution in [-0.2, 0) is 5.41 Å². The third kappa shape index (κ3) is 5.71. The van der Waals surface area contributed by atoms with Crippen LogP contribution in [-0.4, -0.2) is 5.71 Å². The van der Waals surface area contributed by atoms with Crippen molar-refractivity contribution < 1.29 is 0 Å². The monoisotopic (exact) mass is 702 g/mol. The summed E-state index contributed by atoms with van der Waals surface area (Å²) in [6.07, 6.45) is 1.94. The summed E-state index contributed by atoms with van der Waals surface area (Å²) in [5.74, 6) is 0. The van der Waals surface area contributed by atoms with Crippen LogP contribution in [0.2, 0.25) is 0 Å². The molecule has 1 aliphatic carbocycles. The molecule has 1 N–H and O–H groups in total. The second kappa shape index (κ2) is 13.7. The lowest BCUT2D eigenvalue weighted by atomic mass is 9.67. The molecule has 1 unspecified atom stereocenters. The van der Waals surface area contributed by atoms with Crippen LogP contribution in [0.1, 0.15) is 45.1 Å². The predicted octanol–water partition coefficient (Wildman–Crippen LogP) is 12.5. The fourth-order valence-electron chi connectivity index (χ4n) is 8.62. The molecule has 8 aromatic carbocycles. The van der Waals surface area contributed by atoms with Crippen molar-refractivity contribution in [3.8, 4) is 33.4 Å². The summed E-state index contributed by atoms with van der Waals surface area (Å²) in [6.45, 7) is 0. The molecule has 0 aromatic heterocycles. The summed E-state index contributed by atoms with van der Waals surface area (Å²) >= 11 is 0. The number of benzene rings is 8. The highest BCUT2D eigenvalue weighted by Gasteiger charge is 2.45. The number of nitrogens with zero attached hydrogens (tertiary/aromatic N) is 1. The van der Waals surface area contributed by atoms with Crippen molar-refractivity contribution in [3.05, 3.63) is 257 Å². The van der Waals surface area contributed by atoms with Crippen LogP contribution in [0.4, 0.5) is 0 Å². The van der Waals surface area contributed by atoms with Gasteiger partial charge in [-0.25, -0.2) is 0 Å². The van der Waals surface area contributed by atoms with E-state index in [0.29, 0.717) is 0 Å². The Kier molecular flexibility index (Phi) is 8.15. The Hall–Kier alpha value is -7.03. The minimum absolute atomic E-state index is 0.220. The zero-order chi connectivity index (χ0) is 36.6. The molecule has 8 aromatic rings. The predicted molar refractivity (Wildman–Crippen MR) is 228 cm³/mol. The molecule has 2 heteroatoms. The van der Waals surface area contributed by atoms with E-state index in [1.54, 1.807) is 0 Å². The van der Waals surface area contributed by atoms with Crippen molar-refractivity contribution in [2.75, 3.05) is 0 Å². The van der Waals surface area contributed by atoms with E-state index in [1.807, 2.05) is 6.07 Å². The molecule has 0 saturated heterocycles. The maximum Gasteiger partial charge on any atom is 0.145 e. The molecule has 0 saturated carbocycles. The van der Waals surface area contributed by atoms with Gasteiger partial charge in [-0.1, -0.05) is 200 Å². The number of fused-ring (bicyclic) bond motifs is 3. The Morgan fingerprint density at radius 2 is 0.891 bits per heavy atom. The summed E-state index contributed by atoms with van der Waals surface area (Å²) in [6, 6.07) is 76.7. The SMILES string of the molecule is C1=C(c2ccccc2)NC(c2cccc(-c3ccc(-c4ccc5c(c4)-c4ccccc4C5(c4ccccc4)c4ccccc4)cc3)c2)N=C1c1ccccc1. The van der Waals surface area contributed by atoms with Crippen LogP contribution in [0.3, 0.4) is 0 Å². The highest BCUT2D eigenvalue weighted by Crippen LogP contribution is 2.56. The first-order valence-corrected chi connectivity index (χ1v) is 19.0. The molecule has 10 rings (SSSR count). The van der Waals surface area contributed by atoms with Gasteiger partial charge in [-0.15, -0.1) is 0 Å². The molecule has 0 spiro atoms. The number of hydrogen-bond donors (Lipinski definition) is 1. The maximum atomic E-state index is 5.21. The van der Waals surface area contributed by atoms with Gasteiger partial charge >= 0.3 is 0 Å². The maximum absolute atomic E-state index is 5.21. The Morgan fingerprint density at radius 1 is 0.382 bits per heavy atom. The molecule has 2 nitrogen and oxygen atoms in total. The first kappa shape index (κ1) is 32.6. The van der Waals surface area contributed by atoms with Gasteiger partial charge in [0.2, 0.25) is 0 Å². The van der Waals surface area contributed by atoms with Gasteiger partial charge in [0.1, 0.15) is 6.17 Å². The molecule has 55 heavy (non-hydrogen) atoms. The van der Waals surface area contributed by atoms with Crippen LogP contribution >= 0.6 is 0 Å². The first-order valence-electron chi connectivity index (χ1n) is 19.0. The third-order valence-corrected chi connectivity index (χ3v) is 11.2. The fourth-order valence-corrected chi connectivity index (χ4v) is 8.62. The van der Waals surface area contributed by atoms with Crippen LogP contribution in [0.25, 0.3) is 39.1 Å². The molecule has 0 bridgehead atoms. The summed E-state index contributed by atoms with van der Waals surface area (Å²) in [5, 5.41) is 3.72. The van der Waals surface area contributed by atoms with Gasteiger partial charge in [0.05, 0.1) is 11.1 Å². The molecule has 1 aliphatic heterocycles. The number of allylic oxidation sites excluding steroid dienone is 1. The summed E-state index contributed by atoms with van der Waals surface area (Å²) in [7, 11) is 0. The molecule has 1 atom stereocenters. The lowest BCUT2D eigenvalue weighted by Gasteiger charge is -2.33. The first-order chi connectivity index (χ1) is 27.3. The molecular weight excluding hydrogens is 665 g/mol. The Morgan fingerprint density at radius 3 is 1.55 bits per heavy atom. The molecule has 1 heterocycles. The minimum Gasteiger partial charge on any atom is -0.360 e. The van der Waals surface area contributed by atoms with Crippen LogP contribution < -0.4 is 5.32 Å². The molecule has 260 valence electrons. The van der Waals surface area contributed by atoms with Gasteiger partial charge in [-0.05, 0) is 90.5 Å². The van der Waals surface area contributed by atoms with Gasteiger partial charge in [-0.2, -0.15) is 0 Å². The van der Waals surface area contributed by atoms with Crippen LogP contribution in [0.5, 0.6) is 0 Å². The van der Waals surface area contributed by atoms with Crippen molar-refractivity contribution in [1.82, 2.24) is 5.32 Å². The zero-order valence-electron chi connectivity index (χ0n) is 30.3. The van der Waals surface area contributed by atoms with Crippen molar-refractivity contribution in [2.45, 2.75) is 11.6 Å². The van der Waals surface area contributed by atoms with Crippen LogP contribution in [0.15, 0.2) is 223 Å². The Balaban J connectivity index is 0.995. The number of aliphatic imine (C=N–C) groups is 1. The fraction of sp³-hybridized carbons (Fsp3) is 0.0377. The largest absolute Gasteiger partial charge is 0.360 e. The molecule has 0 radical (unpaired) electrons. The van der Waals surface area contributed by atoms with E-state index in [-0.39, 0.29) is 6.17 Å². The Bertz CT molecular complexity index is 2660. The van der Waals surface area contributed by atoms with Crippen molar-refractivity contribution in [3.63, 3.8) is 0 Å². The molecule has 0 amide bonds. The third-order valence-electron chi connectivity index (χ3n) is 11.2. The highest BCUT2D eigenvalue weighted by atomic mass is 15.1. The van der Waals surface area contributed by atoms with E-state index in [2.05, 4.69) is 218 Å². The van der Waals surface area contributed by atoms with Gasteiger partial charge in [0.25, 0.3) is 0 Å². The smallest absolute Gasteiger partial charge is 0.145 e. The van der Waals surface area contributed by atoms with Gasteiger partial charge in [-0.3, -0.25) is 4.99 Å². The number of rotatable bonds is 7. The zero-order valence-corrected chi connectivity index (χ0v) is 30.3. The van der Waals surface area contributed by atoms with Crippen molar-refractivity contribution in [2.24, 2.45) is 4.99 Å². The number of nitrogens with one attached hydrogen (secondary N) is 1. The normalized spacial score (nSPS) is 15.2. The standard InChI is InChI=1S/C53H38N2/c1-5-16-39(17-6-1)50-36-51(40-18-7-2-8-19-40)55-52(54-50)43-21-15-20-41(34-43)37-28-30-38(31-29-37)42-32-33-49-47(35-42)46-26-13-14-27-48(46)53(49,44-22-9-3-10-23-44)45-24-11-4-12-25-45/h1-36,52,54H. The molecule has 2 aliphatic rings. The topological polar surface area (TPSA) is 24.4 Å². The van der Waals surface area contributed by atoms with E-state index >= 15 is 0 Å². The summed E-state index contributed by atoms with van der Waals surface area (Å²) < 4.78 is 0. The Labute approximate surface area is 322 Å². The second-order valence-electron chi connectivity index (χ2n) is 14.3. The second-order valence-corrected chi connectivity index (χ2v) is 14.3. The van der Waals surface area contributed by atoms with E-state index < -0.39 is 5.41 Å². The minimum atomic E-state index is -0.390. The lowest BCUT2D eigenvalue weighted by molar-refractivity contribution is 0.664. The van der Waals surface area contributed by atoms with Crippen molar-refractivity contribution in [1.29, 1.82) is 0 Å². The lowest BCUT2D eigenvalue weighted by Crippen LogP contribution is -2.28. The average molecular weight is 703 g/mol. The summed E-state index contributed by atoms with van der Waals surface area (Å²) in [4.78, 5) is 5.21. The van der Waals surface area contributed by atoms with E-state index in [4.69, 9.17) is 4.99 Å². The van der Waals surface area contributed by atoms with Crippen molar-refractivity contribution >= 4 is 11.4 Å². The average Bonchev–Trinajstić information content (AvgIpc) is 3.58. The van der Waals surface area contributed by atoms with Crippen LogP contribution in [0, 0.1) is 0 Å². The van der Waals surface area contributed by atoms with E-state index in [9.17, 15) is 0 Å². The summed E-state index contributed by atoms with van der Waals surface area (Å²) in [5.41, 5.74) is 17.5. The van der Waals surface area contributed by atoms with Gasteiger partial charge < -0.3 is 5.32 Å². The molecule has 0 fully saturated rings. The van der Waals surface area contributed by atoms with E-state index in [1.165, 1.54) is 50.1 Å². The highest BCUT2D eigenvalue weighted by molar-refractivity contribution is 6.13. The van der Waals surface area contributed by atoms with Gasteiger partial charge in [0.15, 0.2) is 0 Å². The quantitative estimate of drug-likeness (QED) is 0.176. The number of hydrogen-bond acceptors (Lipinski definition) is 2.